The van der Waals surface area contributed by atoms with Crippen molar-refractivity contribution in [1.82, 2.24) is 24.3 Å². The fourth-order valence-electron chi connectivity index (χ4n) is 4.29. The van der Waals surface area contributed by atoms with Crippen molar-refractivity contribution in [3.8, 4) is 0 Å². The molecule has 6 nitrogen and oxygen atoms in total. The second-order valence-corrected chi connectivity index (χ2v) is 8.04. The quantitative estimate of drug-likeness (QED) is 0.455. The number of likely N-dealkylation sites (tertiary alicyclic amines) is 1. The van der Waals surface area contributed by atoms with Crippen LogP contribution >= 0.6 is 0 Å². The van der Waals surface area contributed by atoms with E-state index in [1.807, 2.05) is 0 Å². The van der Waals surface area contributed by atoms with Crippen LogP contribution in [0.5, 0.6) is 0 Å². The maximum absolute atomic E-state index is 13.4. The van der Waals surface area contributed by atoms with Gasteiger partial charge in [0.15, 0.2) is 0 Å². The molecule has 1 saturated heterocycles. The molecule has 0 radical (unpaired) electrons. The van der Waals surface area contributed by atoms with E-state index in [4.69, 9.17) is 0 Å². The van der Waals surface area contributed by atoms with Gasteiger partial charge in [-0.15, -0.1) is 0 Å². The molecular weight excluding hydrogens is 426 g/mol. The van der Waals surface area contributed by atoms with Crippen LogP contribution < -0.4 is 0 Å². The Balaban J connectivity index is 1.37. The van der Waals surface area contributed by atoms with Crippen LogP contribution in [0.1, 0.15) is 46.3 Å². The van der Waals surface area contributed by atoms with Crippen LogP contribution in [0.3, 0.4) is 0 Å². The highest BCUT2D eigenvalue weighted by Crippen LogP contribution is 2.31. The Morgan fingerprint density at radius 3 is 2.59 bits per heavy atom. The maximum atomic E-state index is 13.4. The standard InChI is InChI=1S/C22H19F4N5O/c1-12-19(31-11-14(22(24,25)26)2-5-18(31)27-12)21(32)30-8-6-13(7-9-30)20-28-16-4-3-15(23)10-17(16)29-20/h2-5,10-11,13H,6-9H2,1H3,(H,28,29). The number of hydrogen-bond donors (Lipinski definition) is 1. The van der Waals surface area contributed by atoms with Crippen molar-refractivity contribution in [2.24, 2.45) is 0 Å². The Morgan fingerprint density at radius 2 is 1.88 bits per heavy atom. The summed E-state index contributed by atoms with van der Waals surface area (Å²) >= 11 is 0. The number of imidazole rings is 2. The molecule has 1 fully saturated rings. The van der Waals surface area contributed by atoms with E-state index in [0.717, 1.165) is 18.1 Å². The van der Waals surface area contributed by atoms with Gasteiger partial charge >= 0.3 is 6.18 Å². The molecule has 10 heteroatoms. The van der Waals surface area contributed by atoms with E-state index in [1.54, 1.807) is 17.9 Å². The molecule has 0 unspecified atom stereocenters. The molecular formula is C22H19F4N5O. The molecule has 1 aliphatic heterocycles. The van der Waals surface area contributed by atoms with Crippen LogP contribution in [-0.2, 0) is 6.18 Å². The minimum absolute atomic E-state index is 0.0784. The highest BCUT2D eigenvalue weighted by molar-refractivity contribution is 5.94. The fourth-order valence-corrected chi connectivity index (χ4v) is 4.29. The van der Waals surface area contributed by atoms with E-state index < -0.39 is 11.7 Å². The monoisotopic (exact) mass is 445 g/mol. The molecule has 1 N–H and O–H groups in total. The summed E-state index contributed by atoms with van der Waals surface area (Å²) in [6.07, 6.45) is -2.32. The Morgan fingerprint density at radius 1 is 1.12 bits per heavy atom. The third-order valence-electron chi connectivity index (χ3n) is 5.95. The van der Waals surface area contributed by atoms with Gasteiger partial charge in [-0.25, -0.2) is 14.4 Å². The van der Waals surface area contributed by atoms with Gasteiger partial charge in [0.1, 0.15) is 23.0 Å². The zero-order chi connectivity index (χ0) is 22.6. The van der Waals surface area contributed by atoms with Gasteiger partial charge in [0.25, 0.3) is 5.91 Å². The lowest BCUT2D eigenvalue weighted by Crippen LogP contribution is -2.39. The molecule has 0 atom stereocenters. The third-order valence-corrected chi connectivity index (χ3v) is 5.95. The smallest absolute Gasteiger partial charge is 0.342 e. The van der Waals surface area contributed by atoms with Crippen LogP contribution in [0, 0.1) is 12.7 Å². The van der Waals surface area contributed by atoms with Gasteiger partial charge in [0, 0.05) is 25.2 Å². The SMILES string of the molecule is Cc1nc2ccc(C(F)(F)F)cn2c1C(=O)N1CCC(c2nc3ccc(F)cc3[nH]2)CC1. The lowest BCUT2D eigenvalue weighted by Gasteiger charge is -2.31. The average molecular weight is 445 g/mol. The number of H-pyrrole nitrogens is 1. The summed E-state index contributed by atoms with van der Waals surface area (Å²) in [6.45, 7) is 2.48. The number of hydrogen-bond acceptors (Lipinski definition) is 3. The predicted octanol–water partition coefficient (Wildman–Crippen LogP) is 4.70. The first-order valence-electron chi connectivity index (χ1n) is 10.2. The average Bonchev–Trinajstić information content (AvgIpc) is 3.31. The molecule has 1 amide bonds. The van der Waals surface area contributed by atoms with Crippen molar-refractivity contribution in [3.05, 3.63) is 65.1 Å². The number of fused-ring (bicyclic) bond motifs is 2. The molecule has 166 valence electrons. The van der Waals surface area contributed by atoms with Crippen molar-refractivity contribution >= 4 is 22.6 Å². The number of rotatable bonds is 2. The highest BCUT2D eigenvalue weighted by atomic mass is 19.4. The molecule has 32 heavy (non-hydrogen) atoms. The number of halogens is 4. The number of carbonyl (C=O) groups is 1. The van der Waals surface area contributed by atoms with Crippen LogP contribution in [0.25, 0.3) is 16.7 Å². The number of benzene rings is 1. The van der Waals surface area contributed by atoms with E-state index in [1.165, 1.54) is 22.6 Å². The van der Waals surface area contributed by atoms with Crippen molar-refractivity contribution in [1.29, 1.82) is 0 Å². The Labute approximate surface area is 179 Å². The van der Waals surface area contributed by atoms with Crippen LogP contribution in [-0.4, -0.2) is 43.2 Å². The van der Waals surface area contributed by atoms with E-state index in [9.17, 15) is 22.4 Å². The molecule has 4 heterocycles. The first-order valence-corrected chi connectivity index (χ1v) is 10.2. The number of pyridine rings is 1. The first kappa shape index (κ1) is 20.5. The van der Waals surface area contributed by atoms with Gasteiger partial charge in [-0.2, -0.15) is 13.2 Å². The molecule has 0 spiro atoms. The summed E-state index contributed by atoms with van der Waals surface area (Å²) in [4.78, 5) is 26.8. The molecule has 1 aliphatic rings. The Hall–Kier alpha value is -3.43. The van der Waals surface area contributed by atoms with Crippen molar-refractivity contribution in [2.75, 3.05) is 13.1 Å². The molecule has 0 bridgehead atoms. The fraction of sp³-hybridized carbons (Fsp3) is 0.318. The Bertz CT molecular complexity index is 1330. The highest BCUT2D eigenvalue weighted by Gasteiger charge is 2.33. The van der Waals surface area contributed by atoms with Crippen molar-refractivity contribution in [3.63, 3.8) is 0 Å². The summed E-state index contributed by atoms with van der Waals surface area (Å²) in [6, 6.07) is 6.60. The van der Waals surface area contributed by atoms with Crippen LogP contribution in [0.4, 0.5) is 17.6 Å². The number of amides is 1. The normalized spacial score (nSPS) is 15.7. The number of nitrogens with one attached hydrogen (secondary N) is 1. The lowest BCUT2D eigenvalue weighted by atomic mass is 9.96. The molecule has 0 aliphatic carbocycles. The molecule has 1 aromatic carbocycles. The minimum Gasteiger partial charge on any atom is -0.342 e. The number of aromatic amines is 1. The number of aromatic nitrogens is 4. The van der Waals surface area contributed by atoms with Gasteiger partial charge in [0.05, 0.1) is 22.3 Å². The van der Waals surface area contributed by atoms with E-state index in [-0.39, 0.29) is 23.3 Å². The van der Waals surface area contributed by atoms with E-state index in [2.05, 4.69) is 15.0 Å². The largest absolute Gasteiger partial charge is 0.417 e. The second kappa shape index (κ2) is 7.32. The number of aryl methyl sites for hydroxylation is 1. The van der Waals surface area contributed by atoms with E-state index in [0.29, 0.717) is 48.3 Å². The maximum Gasteiger partial charge on any atom is 0.417 e. The minimum atomic E-state index is -4.51. The summed E-state index contributed by atoms with van der Waals surface area (Å²) in [5.74, 6) is 0.137. The van der Waals surface area contributed by atoms with Crippen molar-refractivity contribution < 1.29 is 22.4 Å². The summed E-state index contributed by atoms with van der Waals surface area (Å²) < 4.78 is 54.1. The first-order chi connectivity index (χ1) is 15.2. The second-order valence-electron chi connectivity index (χ2n) is 8.04. The van der Waals surface area contributed by atoms with Gasteiger partial charge in [-0.1, -0.05) is 0 Å². The number of nitrogens with zero attached hydrogens (tertiary/aromatic N) is 4. The molecule has 5 rings (SSSR count). The Kier molecular flexibility index (Phi) is 4.68. The van der Waals surface area contributed by atoms with Gasteiger partial charge in [0.2, 0.25) is 0 Å². The summed E-state index contributed by atoms with van der Waals surface area (Å²) in [5.41, 5.74) is 1.29. The third kappa shape index (κ3) is 3.49. The van der Waals surface area contributed by atoms with E-state index >= 15 is 0 Å². The summed E-state index contributed by atoms with van der Waals surface area (Å²) in [5, 5.41) is 0. The number of alkyl halides is 3. The van der Waals surface area contributed by atoms with Crippen molar-refractivity contribution in [2.45, 2.75) is 31.9 Å². The summed E-state index contributed by atoms with van der Waals surface area (Å²) in [7, 11) is 0. The molecule has 3 aromatic heterocycles. The van der Waals surface area contributed by atoms with Gasteiger partial charge < -0.3 is 9.88 Å². The number of carbonyl (C=O) groups excluding carboxylic acids is 1. The topological polar surface area (TPSA) is 66.3 Å². The van der Waals surface area contributed by atoms with Gasteiger partial charge in [-0.05, 0) is 50.1 Å². The number of piperidine rings is 1. The molecule has 0 saturated carbocycles. The zero-order valence-electron chi connectivity index (χ0n) is 17.1. The van der Waals surface area contributed by atoms with Gasteiger partial charge in [-0.3, -0.25) is 9.20 Å². The van der Waals surface area contributed by atoms with Crippen LogP contribution in [0.2, 0.25) is 0 Å². The van der Waals surface area contributed by atoms with Crippen LogP contribution in [0.15, 0.2) is 36.5 Å². The molecule has 4 aromatic rings. The lowest BCUT2D eigenvalue weighted by molar-refractivity contribution is -0.137. The zero-order valence-corrected chi connectivity index (χ0v) is 17.1. The predicted molar refractivity (Wildman–Crippen MR) is 109 cm³/mol.